The first-order valence-electron chi connectivity index (χ1n) is 12.8. The molecule has 30 heavy (non-hydrogen) atoms. The quantitative estimate of drug-likeness (QED) is 0.384. The molecule has 1 aliphatic rings. The van der Waals surface area contributed by atoms with E-state index in [0.717, 1.165) is 5.57 Å². The molecule has 0 aliphatic heterocycles. The molecule has 0 aromatic heterocycles. The summed E-state index contributed by atoms with van der Waals surface area (Å²) in [4.78, 5) is 0. The third-order valence-corrected chi connectivity index (χ3v) is 10.5. The van der Waals surface area contributed by atoms with E-state index in [1.54, 1.807) is 0 Å². The van der Waals surface area contributed by atoms with Crippen molar-refractivity contribution in [1.29, 1.82) is 0 Å². The Hall–Kier alpha value is -1.69. The van der Waals surface area contributed by atoms with Gasteiger partial charge in [-0.3, -0.25) is 0 Å². The van der Waals surface area contributed by atoms with Crippen molar-refractivity contribution in [3.8, 4) is 0 Å². The molecular formula is C28H32BrP. The summed E-state index contributed by atoms with van der Waals surface area (Å²) in [5, 5.41) is 3.52. The van der Waals surface area contributed by atoms with Gasteiger partial charge < -0.3 is 17.0 Å². The predicted molar refractivity (Wildman–Crippen MR) is 130 cm³/mol. The van der Waals surface area contributed by atoms with Crippen molar-refractivity contribution < 1.29 is 23.8 Å². The van der Waals surface area contributed by atoms with Crippen LogP contribution in [0.3, 0.4) is 0 Å². The molecule has 3 aromatic carbocycles. The van der Waals surface area contributed by atoms with Crippen molar-refractivity contribution in [3.63, 3.8) is 0 Å². The molecule has 0 amide bonds. The van der Waals surface area contributed by atoms with Crippen LogP contribution in [0, 0.1) is 5.41 Å². The van der Waals surface area contributed by atoms with E-state index in [1.165, 1.54) is 15.9 Å². The molecular weight excluding hydrogens is 447 g/mol. The molecule has 2 heteroatoms. The first-order chi connectivity index (χ1) is 16.0. The van der Waals surface area contributed by atoms with Crippen molar-refractivity contribution in [2.24, 2.45) is 5.41 Å². The van der Waals surface area contributed by atoms with E-state index in [-0.39, 0.29) is 29.0 Å². The van der Waals surface area contributed by atoms with Crippen LogP contribution < -0.4 is 32.9 Å². The van der Waals surface area contributed by atoms with Gasteiger partial charge in [0.1, 0.15) is 23.2 Å². The minimum atomic E-state index is -2.49. The lowest BCUT2D eigenvalue weighted by Crippen LogP contribution is -3.00. The molecule has 0 radical (unpaired) electrons. The Morgan fingerprint density at radius 1 is 0.800 bits per heavy atom. The Bertz CT molecular complexity index is 1060. The average Bonchev–Trinajstić information content (AvgIpc) is 2.81. The smallest absolute Gasteiger partial charge is 0.116 e. The van der Waals surface area contributed by atoms with Crippen molar-refractivity contribution in [2.75, 3.05) is 6.16 Å². The number of rotatable bonds is 5. The zero-order valence-corrected chi connectivity index (χ0v) is 20.1. The Kier molecular flexibility index (Phi) is 5.44. The lowest BCUT2D eigenvalue weighted by molar-refractivity contribution is -0.00000619. The monoisotopic (exact) mass is 483 g/mol. The predicted octanol–water partition coefficient (Wildman–Crippen LogP) is 3.51. The van der Waals surface area contributed by atoms with Crippen molar-refractivity contribution in [2.45, 2.75) is 39.9 Å². The SMILES string of the molecule is [2H]C([2H])([2H])C1=C(C[P+](c2ccccc2)(c2ccccc2)c2ccccc2)C(C)(C)CCC1([2H])[2H].[Br-]. The fourth-order valence-electron chi connectivity index (χ4n) is 4.39. The van der Waals surface area contributed by atoms with E-state index >= 15 is 0 Å². The van der Waals surface area contributed by atoms with Crippen LogP contribution in [0.25, 0.3) is 0 Å². The highest BCUT2D eigenvalue weighted by atomic mass is 79.9. The molecule has 4 rings (SSSR count). The third-order valence-electron chi connectivity index (χ3n) is 6.16. The van der Waals surface area contributed by atoms with Gasteiger partial charge in [-0.05, 0) is 73.5 Å². The molecule has 0 heterocycles. The van der Waals surface area contributed by atoms with Crippen LogP contribution in [0.4, 0.5) is 0 Å². The summed E-state index contributed by atoms with van der Waals surface area (Å²) in [5.74, 6) is 0. The van der Waals surface area contributed by atoms with Gasteiger partial charge in [0.15, 0.2) is 0 Å². The number of allylic oxidation sites excluding steroid dienone is 2. The zero-order chi connectivity index (χ0) is 24.6. The summed E-state index contributed by atoms with van der Waals surface area (Å²) in [6.45, 7) is 1.67. The average molecular weight is 484 g/mol. The molecule has 3 aromatic rings. The third kappa shape index (κ3) is 4.34. The Balaban J connectivity index is 0.00000342. The summed E-state index contributed by atoms with van der Waals surface area (Å²) < 4.78 is 42.5. The maximum atomic E-state index is 8.73. The van der Waals surface area contributed by atoms with Crippen LogP contribution in [-0.4, -0.2) is 6.16 Å². The molecule has 0 bridgehead atoms. The molecule has 0 nitrogen and oxygen atoms in total. The highest BCUT2D eigenvalue weighted by Crippen LogP contribution is 2.59. The topological polar surface area (TPSA) is 0 Å². The van der Waals surface area contributed by atoms with Crippen molar-refractivity contribution in [3.05, 3.63) is 102 Å². The number of hydrogen-bond donors (Lipinski definition) is 0. The van der Waals surface area contributed by atoms with E-state index in [1.807, 2.05) is 54.6 Å². The zero-order valence-electron chi connectivity index (χ0n) is 22.6. The van der Waals surface area contributed by atoms with Gasteiger partial charge in [-0.15, -0.1) is 0 Å². The largest absolute Gasteiger partial charge is 1.00 e. The summed E-state index contributed by atoms with van der Waals surface area (Å²) in [6.07, 6.45) is -0.501. The van der Waals surface area contributed by atoms with Crippen LogP contribution in [0.1, 0.15) is 46.8 Å². The molecule has 0 fully saturated rings. The molecule has 0 unspecified atom stereocenters. The Morgan fingerprint density at radius 2 is 1.23 bits per heavy atom. The van der Waals surface area contributed by atoms with Crippen LogP contribution in [0.15, 0.2) is 102 Å². The van der Waals surface area contributed by atoms with E-state index in [2.05, 4.69) is 50.2 Å². The summed E-state index contributed by atoms with van der Waals surface area (Å²) in [5.41, 5.74) is 0.357. The minimum Gasteiger partial charge on any atom is -1.00 e. The standard InChI is InChI=1S/C28H32P.BrH/c1-23-14-13-21-28(2,3)27(23)22-29(24-15-7-4-8-16-24,25-17-9-5-10-18-25)26-19-11-6-12-20-26;/h4-12,15-20H,13-14,21-22H2,1-3H3;1H/q+1;/p-1/i1D3,14D2;. The van der Waals surface area contributed by atoms with Crippen molar-refractivity contribution in [1.82, 2.24) is 0 Å². The number of benzene rings is 3. The van der Waals surface area contributed by atoms with Gasteiger partial charge in [-0.1, -0.05) is 74.0 Å². The van der Waals surface area contributed by atoms with Gasteiger partial charge in [0.2, 0.25) is 0 Å². The van der Waals surface area contributed by atoms with Crippen LogP contribution >= 0.6 is 7.26 Å². The molecule has 0 saturated carbocycles. The first kappa shape index (κ1) is 16.9. The molecule has 0 N–H and O–H groups in total. The van der Waals surface area contributed by atoms with Gasteiger partial charge in [0.25, 0.3) is 0 Å². The maximum Gasteiger partial charge on any atom is 0.116 e. The summed E-state index contributed by atoms with van der Waals surface area (Å²) >= 11 is 0. The van der Waals surface area contributed by atoms with Crippen LogP contribution in [0.5, 0.6) is 0 Å². The van der Waals surface area contributed by atoms with Crippen LogP contribution in [-0.2, 0) is 0 Å². The summed E-state index contributed by atoms with van der Waals surface area (Å²) in [7, 11) is -2.34. The second-order valence-electron chi connectivity index (χ2n) is 8.39. The number of hydrogen-bond acceptors (Lipinski definition) is 0. The Morgan fingerprint density at radius 3 is 1.63 bits per heavy atom. The minimum absolute atomic E-state index is 0. The highest BCUT2D eigenvalue weighted by Gasteiger charge is 2.48. The van der Waals surface area contributed by atoms with Gasteiger partial charge in [0, 0.05) is 6.85 Å². The van der Waals surface area contributed by atoms with Gasteiger partial charge in [-0.2, -0.15) is 0 Å². The number of halogens is 1. The fourth-order valence-corrected chi connectivity index (χ4v) is 8.94. The fraction of sp³-hybridized carbons (Fsp3) is 0.286. The first-order valence-corrected chi connectivity index (χ1v) is 12.3. The molecule has 1 aliphatic carbocycles. The lowest BCUT2D eigenvalue weighted by Gasteiger charge is -2.38. The molecule has 0 saturated heterocycles. The highest BCUT2D eigenvalue weighted by molar-refractivity contribution is 7.95. The Labute approximate surface area is 200 Å². The van der Waals surface area contributed by atoms with Crippen LogP contribution in [0.2, 0.25) is 0 Å². The molecule has 156 valence electrons. The molecule has 0 spiro atoms. The molecule has 0 atom stereocenters. The lowest BCUT2D eigenvalue weighted by atomic mass is 9.73. The second kappa shape index (κ2) is 9.63. The van der Waals surface area contributed by atoms with Crippen molar-refractivity contribution >= 4 is 23.2 Å². The normalized spacial score (nSPS) is 20.7. The van der Waals surface area contributed by atoms with Gasteiger partial charge in [0.05, 0.1) is 6.16 Å². The second-order valence-corrected chi connectivity index (χ2v) is 11.9. The van der Waals surface area contributed by atoms with E-state index in [4.69, 9.17) is 6.85 Å². The van der Waals surface area contributed by atoms with E-state index in [0.29, 0.717) is 12.6 Å². The van der Waals surface area contributed by atoms with Gasteiger partial charge in [-0.25, -0.2) is 0 Å². The maximum absolute atomic E-state index is 8.73. The van der Waals surface area contributed by atoms with E-state index < -0.39 is 25.9 Å². The van der Waals surface area contributed by atoms with Gasteiger partial charge >= 0.3 is 0 Å². The summed E-state index contributed by atoms with van der Waals surface area (Å²) in [6, 6.07) is 31.1. The van der Waals surface area contributed by atoms with E-state index in [9.17, 15) is 0 Å².